The van der Waals surface area contributed by atoms with Gasteiger partial charge >= 0.3 is 0 Å². The van der Waals surface area contributed by atoms with Crippen LogP contribution in [0.15, 0.2) is 47.4 Å². The van der Waals surface area contributed by atoms with Gasteiger partial charge in [-0.25, -0.2) is 13.1 Å². The summed E-state index contributed by atoms with van der Waals surface area (Å²) in [5.74, 6) is -0.222. The van der Waals surface area contributed by atoms with Gasteiger partial charge in [0.1, 0.15) is 0 Å². The largest absolute Gasteiger partial charge is 0.349 e. The second-order valence-electron chi connectivity index (χ2n) is 6.66. The minimum absolute atomic E-state index is 0.0610. The number of hydrogen-bond donors (Lipinski definition) is 2. The van der Waals surface area contributed by atoms with Crippen LogP contribution in [0.2, 0.25) is 0 Å². The molecule has 0 bridgehead atoms. The molecule has 1 aliphatic carbocycles. The molecule has 0 fully saturated rings. The highest BCUT2D eigenvalue weighted by Crippen LogP contribution is 2.22. The quantitative estimate of drug-likeness (QED) is 0.847. The van der Waals surface area contributed by atoms with Crippen LogP contribution in [0.4, 0.5) is 0 Å². The SMILES string of the molecule is CCNS(=O)(=O)c1ccc(C)c(C(=O)NC2CCc3ccccc3C2)c1. The Morgan fingerprint density at radius 1 is 1.15 bits per heavy atom. The molecule has 5 nitrogen and oxygen atoms in total. The Labute approximate surface area is 154 Å². The topological polar surface area (TPSA) is 75.3 Å². The number of benzene rings is 2. The number of amides is 1. The van der Waals surface area contributed by atoms with Crippen LogP contribution in [-0.2, 0) is 22.9 Å². The van der Waals surface area contributed by atoms with E-state index in [1.54, 1.807) is 13.0 Å². The van der Waals surface area contributed by atoms with E-state index in [0.717, 1.165) is 24.8 Å². The van der Waals surface area contributed by atoms with Gasteiger partial charge in [0, 0.05) is 18.2 Å². The zero-order valence-corrected chi connectivity index (χ0v) is 15.9. The number of fused-ring (bicyclic) bond motifs is 1. The molecule has 0 saturated heterocycles. The van der Waals surface area contributed by atoms with Gasteiger partial charge in [-0.1, -0.05) is 37.3 Å². The predicted octanol–water partition coefficient (Wildman–Crippen LogP) is 2.58. The Morgan fingerprint density at radius 2 is 1.88 bits per heavy atom. The maximum atomic E-state index is 12.8. The van der Waals surface area contributed by atoms with Crippen molar-refractivity contribution in [3.05, 3.63) is 64.7 Å². The van der Waals surface area contributed by atoms with E-state index in [0.29, 0.717) is 12.1 Å². The molecule has 1 aliphatic rings. The van der Waals surface area contributed by atoms with Crippen molar-refractivity contribution in [3.63, 3.8) is 0 Å². The van der Waals surface area contributed by atoms with Crippen LogP contribution in [-0.4, -0.2) is 26.9 Å². The number of hydrogen-bond acceptors (Lipinski definition) is 3. The fraction of sp³-hybridized carbons (Fsp3) is 0.350. The first-order valence-electron chi connectivity index (χ1n) is 8.88. The third kappa shape index (κ3) is 3.97. The van der Waals surface area contributed by atoms with Crippen molar-refractivity contribution in [2.75, 3.05) is 6.54 Å². The van der Waals surface area contributed by atoms with Crippen LogP contribution in [0.3, 0.4) is 0 Å². The molecule has 2 aromatic rings. The summed E-state index contributed by atoms with van der Waals surface area (Å²) in [4.78, 5) is 12.9. The van der Waals surface area contributed by atoms with Crippen molar-refractivity contribution in [2.24, 2.45) is 0 Å². The fourth-order valence-electron chi connectivity index (χ4n) is 3.37. The van der Waals surface area contributed by atoms with Gasteiger partial charge in [-0.15, -0.1) is 0 Å². The standard InChI is InChI=1S/C20H24N2O3S/c1-3-21-26(24,25)18-11-8-14(2)19(13-18)20(23)22-17-10-9-15-6-4-5-7-16(15)12-17/h4-8,11,13,17,21H,3,9-10,12H2,1-2H3,(H,22,23). The summed E-state index contributed by atoms with van der Waals surface area (Å²) in [5, 5.41) is 3.07. The van der Waals surface area contributed by atoms with Gasteiger partial charge in [0.25, 0.3) is 5.91 Å². The Hall–Kier alpha value is -2.18. The van der Waals surface area contributed by atoms with Crippen molar-refractivity contribution < 1.29 is 13.2 Å². The van der Waals surface area contributed by atoms with Gasteiger partial charge in [-0.05, 0) is 55.0 Å². The van der Waals surface area contributed by atoms with E-state index in [2.05, 4.69) is 22.2 Å². The zero-order chi connectivity index (χ0) is 18.7. The Morgan fingerprint density at radius 3 is 2.62 bits per heavy atom. The lowest BCUT2D eigenvalue weighted by atomic mass is 9.88. The van der Waals surface area contributed by atoms with Crippen molar-refractivity contribution in [1.82, 2.24) is 10.0 Å². The highest BCUT2D eigenvalue weighted by Gasteiger charge is 2.22. The highest BCUT2D eigenvalue weighted by atomic mass is 32.2. The zero-order valence-electron chi connectivity index (χ0n) is 15.1. The third-order valence-corrected chi connectivity index (χ3v) is 6.32. The molecular formula is C20H24N2O3S. The van der Waals surface area contributed by atoms with Crippen LogP contribution in [0.5, 0.6) is 0 Å². The van der Waals surface area contributed by atoms with Crippen molar-refractivity contribution in [2.45, 2.75) is 44.0 Å². The molecule has 0 spiro atoms. The van der Waals surface area contributed by atoms with Gasteiger partial charge in [-0.2, -0.15) is 0 Å². The molecule has 1 atom stereocenters. The fourth-order valence-corrected chi connectivity index (χ4v) is 4.44. The van der Waals surface area contributed by atoms with Gasteiger partial charge < -0.3 is 5.32 Å². The van der Waals surface area contributed by atoms with E-state index in [-0.39, 0.29) is 16.8 Å². The molecule has 6 heteroatoms. The minimum atomic E-state index is -3.59. The first-order chi connectivity index (χ1) is 12.4. The Bertz CT molecular complexity index is 922. The van der Waals surface area contributed by atoms with E-state index in [1.807, 2.05) is 19.1 Å². The van der Waals surface area contributed by atoms with E-state index >= 15 is 0 Å². The molecule has 0 aliphatic heterocycles. The number of carbonyl (C=O) groups is 1. The van der Waals surface area contributed by atoms with E-state index in [1.165, 1.54) is 23.3 Å². The molecule has 2 aromatic carbocycles. The molecule has 3 rings (SSSR count). The van der Waals surface area contributed by atoms with Crippen LogP contribution in [0.1, 0.15) is 40.4 Å². The van der Waals surface area contributed by atoms with Gasteiger partial charge in [-0.3, -0.25) is 4.79 Å². The molecule has 0 saturated carbocycles. The summed E-state index contributed by atoms with van der Waals surface area (Å²) in [6.45, 7) is 3.84. The molecule has 26 heavy (non-hydrogen) atoms. The van der Waals surface area contributed by atoms with Crippen molar-refractivity contribution in [3.8, 4) is 0 Å². The predicted molar refractivity (Wildman–Crippen MR) is 102 cm³/mol. The molecule has 138 valence electrons. The lowest BCUT2D eigenvalue weighted by Gasteiger charge is -2.25. The van der Waals surface area contributed by atoms with Crippen LogP contribution >= 0.6 is 0 Å². The number of nitrogens with one attached hydrogen (secondary N) is 2. The average molecular weight is 372 g/mol. The molecule has 1 amide bonds. The maximum Gasteiger partial charge on any atom is 0.251 e. The normalized spacial score (nSPS) is 16.8. The van der Waals surface area contributed by atoms with Crippen LogP contribution < -0.4 is 10.0 Å². The summed E-state index contributed by atoms with van der Waals surface area (Å²) in [6, 6.07) is 13.0. The summed E-state index contributed by atoms with van der Waals surface area (Å²) in [7, 11) is -3.59. The summed E-state index contributed by atoms with van der Waals surface area (Å²) >= 11 is 0. The summed E-state index contributed by atoms with van der Waals surface area (Å²) < 4.78 is 26.9. The van der Waals surface area contributed by atoms with Crippen molar-refractivity contribution >= 4 is 15.9 Å². The number of carbonyl (C=O) groups excluding carboxylic acids is 1. The monoisotopic (exact) mass is 372 g/mol. The van der Waals surface area contributed by atoms with Crippen LogP contribution in [0.25, 0.3) is 0 Å². The summed E-state index contributed by atoms with van der Waals surface area (Å²) in [6.07, 6.45) is 2.63. The Kier molecular flexibility index (Phi) is 5.44. The number of sulfonamides is 1. The van der Waals surface area contributed by atoms with Crippen LogP contribution in [0, 0.1) is 6.92 Å². The average Bonchev–Trinajstić information content (AvgIpc) is 2.61. The molecule has 1 unspecified atom stereocenters. The molecule has 0 radical (unpaired) electrons. The molecule has 2 N–H and O–H groups in total. The van der Waals surface area contributed by atoms with E-state index in [4.69, 9.17) is 0 Å². The Balaban J connectivity index is 1.78. The first kappa shape index (κ1) is 18.6. The number of aryl methyl sites for hydroxylation is 2. The second kappa shape index (κ2) is 7.60. The smallest absolute Gasteiger partial charge is 0.251 e. The molecule has 0 aromatic heterocycles. The van der Waals surface area contributed by atoms with E-state index < -0.39 is 10.0 Å². The first-order valence-corrected chi connectivity index (χ1v) is 10.4. The van der Waals surface area contributed by atoms with Gasteiger partial charge in [0.2, 0.25) is 10.0 Å². The lowest BCUT2D eigenvalue weighted by molar-refractivity contribution is 0.0933. The van der Waals surface area contributed by atoms with Gasteiger partial charge in [0.15, 0.2) is 0 Å². The lowest BCUT2D eigenvalue weighted by Crippen LogP contribution is -2.39. The van der Waals surface area contributed by atoms with Crippen molar-refractivity contribution in [1.29, 1.82) is 0 Å². The minimum Gasteiger partial charge on any atom is -0.349 e. The highest BCUT2D eigenvalue weighted by molar-refractivity contribution is 7.89. The van der Waals surface area contributed by atoms with E-state index in [9.17, 15) is 13.2 Å². The third-order valence-electron chi connectivity index (χ3n) is 4.78. The number of rotatable bonds is 5. The molecule has 0 heterocycles. The second-order valence-corrected chi connectivity index (χ2v) is 8.43. The molecular weight excluding hydrogens is 348 g/mol. The summed E-state index contributed by atoms with van der Waals surface area (Å²) in [5.41, 5.74) is 3.77. The maximum absolute atomic E-state index is 12.8. The van der Waals surface area contributed by atoms with Gasteiger partial charge in [0.05, 0.1) is 4.90 Å².